The summed E-state index contributed by atoms with van der Waals surface area (Å²) in [6.07, 6.45) is 9.24. The molecular formula is C19H27N5O2. The summed E-state index contributed by atoms with van der Waals surface area (Å²) in [5.74, 6) is 6.40. The molecule has 0 spiro atoms. The molecule has 0 saturated heterocycles. The Bertz CT molecular complexity index is 819. The average molecular weight is 357 g/mol. The van der Waals surface area contributed by atoms with Crippen molar-refractivity contribution in [3.8, 4) is 0 Å². The molecule has 0 aliphatic heterocycles. The molecule has 2 aromatic rings. The van der Waals surface area contributed by atoms with Gasteiger partial charge in [-0.2, -0.15) is 0 Å². The number of esters is 1. The lowest BCUT2D eigenvalue weighted by molar-refractivity contribution is -0.143. The second kappa shape index (κ2) is 7.78. The number of hydrogen-bond acceptors (Lipinski definition) is 6. The third-order valence-electron chi connectivity index (χ3n) is 4.37. The summed E-state index contributed by atoms with van der Waals surface area (Å²) in [7, 11) is 0. The standard InChI is InChI=1S/C19H27N5O2/c1-3-26-18(25)7-6-15-8-16(14-4-5-14)10-23-11-17(22-19(15)23)12-24(21)9-13(2)20/h8-11,14H,3-7,12,20-21H2,1-2H3/b13-9-. The Balaban J connectivity index is 1.86. The molecule has 2 heterocycles. The predicted molar refractivity (Wildman–Crippen MR) is 99.8 cm³/mol. The number of nitrogens with two attached hydrogens (primary N) is 2. The molecule has 1 aliphatic carbocycles. The molecule has 4 N–H and O–H groups in total. The number of carbonyl (C=O) groups excluding carboxylic acids is 1. The minimum absolute atomic E-state index is 0.175. The average Bonchev–Trinajstić information content (AvgIpc) is 3.32. The SMILES string of the molecule is CCOC(=O)CCc1cc(C2CC2)cn2cc(CN(N)/C=C(/C)N)nc12. The Morgan fingerprint density at radius 1 is 1.46 bits per heavy atom. The quantitative estimate of drug-likeness (QED) is 0.427. The number of aryl methyl sites for hydroxylation is 1. The minimum atomic E-state index is -0.175. The first-order valence-corrected chi connectivity index (χ1v) is 9.07. The van der Waals surface area contributed by atoms with Crippen molar-refractivity contribution in [1.29, 1.82) is 0 Å². The largest absolute Gasteiger partial charge is 0.466 e. The Kier molecular flexibility index (Phi) is 5.46. The van der Waals surface area contributed by atoms with Crippen LogP contribution in [0.2, 0.25) is 0 Å². The molecule has 0 radical (unpaired) electrons. The van der Waals surface area contributed by atoms with Gasteiger partial charge in [-0.1, -0.05) is 6.07 Å². The topological polar surface area (TPSA) is 98.9 Å². The van der Waals surface area contributed by atoms with Gasteiger partial charge in [0, 0.05) is 30.7 Å². The highest BCUT2D eigenvalue weighted by Gasteiger charge is 2.25. The third-order valence-corrected chi connectivity index (χ3v) is 4.37. The van der Waals surface area contributed by atoms with Crippen LogP contribution in [0.3, 0.4) is 0 Å². The highest BCUT2D eigenvalue weighted by Crippen LogP contribution is 2.40. The summed E-state index contributed by atoms with van der Waals surface area (Å²) in [4.78, 5) is 16.5. The van der Waals surface area contributed by atoms with Crippen molar-refractivity contribution in [1.82, 2.24) is 14.4 Å². The molecule has 0 bridgehead atoms. The molecule has 1 aliphatic rings. The first-order valence-electron chi connectivity index (χ1n) is 9.07. The zero-order valence-electron chi connectivity index (χ0n) is 15.4. The van der Waals surface area contributed by atoms with Gasteiger partial charge in [0.15, 0.2) is 0 Å². The summed E-state index contributed by atoms with van der Waals surface area (Å²) >= 11 is 0. The van der Waals surface area contributed by atoms with E-state index in [1.165, 1.54) is 23.4 Å². The number of allylic oxidation sites excluding steroid dienone is 1. The number of hydrazine groups is 1. The van der Waals surface area contributed by atoms with Gasteiger partial charge in [0.25, 0.3) is 0 Å². The van der Waals surface area contributed by atoms with E-state index in [1.807, 2.05) is 13.1 Å². The van der Waals surface area contributed by atoms with Crippen LogP contribution in [0.5, 0.6) is 0 Å². The van der Waals surface area contributed by atoms with E-state index in [1.54, 1.807) is 13.1 Å². The van der Waals surface area contributed by atoms with Gasteiger partial charge < -0.3 is 19.9 Å². The summed E-state index contributed by atoms with van der Waals surface area (Å²) in [5.41, 5.74) is 10.4. The van der Waals surface area contributed by atoms with E-state index < -0.39 is 0 Å². The highest BCUT2D eigenvalue weighted by atomic mass is 16.5. The Labute approximate surface area is 153 Å². The number of imidazole rings is 1. The van der Waals surface area contributed by atoms with Crippen molar-refractivity contribution in [3.63, 3.8) is 0 Å². The van der Waals surface area contributed by atoms with E-state index in [9.17, 15) is 4.79 Å². The fraction of sp³-hybridized carbons (Fsp3) is 0.474. The van der Waals surface area contributed by atoms with Gasteiger partial charge in [0.1, 0.15) is 5.65 Å². The molecule has 0 amide bonds. The number of pyridine rings is 1. The maximum Gasteiger partial charge on any atom is 0.306 e. The van der Waals surface area contributed by atoms with Crippen LogP contribution in [0.15, 0.2) is 30.4 Å². The van der Waals surface area contributed by atoms with Gasteiger partial charge in [-0.05, 0) is 50.2 Å². The minimum Gasteiger partial charge on any atom is -0.466 e. The summed E-state index contributed by atoms with van der Waals surface area (Å²) < 4.78 is 7.10. The van der Waals surface area contributed by atoms with E-state index in [2.05, 4.69) is 16.7 Å². The van der Waals surface area contributed by atoms with Crippen molar-refractivity contribution in [2.45, 2.75) is 52.0 Å². The first-order chi connectivity index (χ1) is 12.5. The predicted octanol–water partition coefficient (Wildman–Crippen LogP) is 2.20. The molecular weight excluding hydrogens is 330 g/mol. The smallest absolute Gasteiger partial charge is 0.306 e. The zero-order chi connectivity index (χ0) is 18.7. The number of aromatic nitrogens is 2. The second-order valence-electron chi connectivity index (χ2n) is 6.89. The van der Waals surface area contributed by atoms with Gasteiger partial charge in [-0.15, -0.1) is 0 Å². The third kappa shape index (κ3) is 4.54. The van der Waals surface area contributed by atoms with Crippen LogP contribution < -0.4 is 11.6 Å². The van der Waals surface area contributed by atoms with E-state index in [0.29, 0.717) is 37.6 Å². The van der Waals surface area contributed by atoms with Crippen LogP contribution in [0.25, 0.3) is 5.65 Å². The highest BCUT2D eigenvalue weighted by molar-refractivity contribution is 5.70. The van der Waals surface area contributed by atoms with Crippen LogP contribution in [0, 0.1) is 0 Å². The molecule has 7 nitrogen and oxygen atoms in total. The Morgan fingerprint density at radius 3 is 2.88 bits per heavy atom. The number of nitrogens with zero attached hydrogens (tertiary/aromatic N) is 3. The number of hydrogen-bond donors (Lipinski definition) is 2. The van der Waals surface area contributed by atoms with Gasteiger partial charge in [0.05, 0.1) is 18.8 Å². The molecule has 1 saturated carbocycles. The first kappa shape index (κ1) is 18.3. The zero-order valence-corrected chi connectivity index (χ0v) is 15.4. The lowest BCUT2D eigenvalue weighted by Gasteiger charge is -2.11. The van der Waals surface area contributed by atoms with Gasteiger partial charge in [-0.25, -0.2) is 10.8 Å². The lowest BCUT2D eigenvalue weighted by Crippen LogP contribution is -2.25. The van der Waals surface area contributed by atoms with E-state index in [4.69, 9.17) is 21.3 Å². The van der Waals surface area contributed by atoms with E-state index >= 15 is 0 Å². The number of rotatable bonds is 8. The van der Waals surface area contributed by atoms with E-state index in [-0.39, 0.29) is 5.97 Å². The van der Waals surface area contributed by atoms with Gasteiger partial charge in [-0.3, -0.25) is 4.79 Å². The van der Waals surface area contributed by atoms with Crippen LogP contribution in [-0.4, -0.2) is 27.0 Å². The van der Waals surface area contributed by atoms with Crippen LogP contribution in [0.1, 0.15) is 55.8 Å². The van der Waals surface area contributed by atoms with Crippen molar-refractivity contribution in [2.24, 2.45) is 11.6 Å². The van der Waals surface area contributed by atoms with Crippen LogP contribution in [0.4, 0.5) is 0 Å². The molecule has 1 fully saturated rings. The fourth-order valence-corrected chi connectivity index (χ4v) is 3.11. The van der Waals surface area contributed by atoms with Gasteiger partial charge in [0.2, 0.25) is 0 Å². The van der Waals surface area contributed by atoms with Gasteiger partial charge >= 0.3 is 5.97 Å². The second-order valence-corrected chi connectivity index (χ2v) is 6.89. The fourth-order valence-electron chi connectivity index (χ4n) is 3.11. The molecule has 3 rings (SSSR count). The maximum absolute atomic E-state index is 11.7. The Morgan fingerprint density at radius 2 is 2.23 bits per heavy atom. The molecule has 2 aromatic heterocycles. The number of fused-ring (bicyclic) bond motifs is 1. The van der Waals surface area contributed by atoms with Crippen molar-refractivity contribution in [2.75, 3.05) is 6.61 Å². The van der Waals surface area contributed by atoms with Crippen LogP contribution in [-0.2, 0) is 22.5 Å². The van der Waals surface area contributed by atoms with E-state index in [0.717, 1.165) is 16.9 Å². The normalized spacial score (nSPS) is 14.7. The van der Waals surface area contributed by atoms with Crippen LogP contribution >= 0.6 is 0 Å². The maximum atomic E-state index is 11.7. The molecule has 0 unspecified atom stereocenters. The molecule has 0 aromatic carbocycles. The van der Waals surface area contributed by atoms with Crippen molar-refractivity contribution < 1.29 is 9.53 Å². The summed E-state index contributed by atoms with van der Waals surface area (Å²) in [5, 5.41) is 1.52. The van der Waals surface area contributed by atoms with Crippen molar-refractivity contribution in [3.05, 3.63) is 47.2 Å². The molecule has 0 atom stereocenters. The molecule has 7 heteroatoms. The number of carbonyl (C=O) groups is 1. The molecule has 140 valence electrons. The molecule has 26 heavy (non-hydrogen) atoms. The number of ether oxygens (including phenoxy) is 1. The summed E-state index contributed by atoms with van der Waals surface area (Å²) in [6, 6.07) is 2.19. The monoisotopic (exact) mass is 357 g/mol. The summed E-state index contributed by atoms with van der Waals surface area (Å²) in [6.45, 7) is 4.48. The lowest BCUT2D eigenvalue weighted by atomic mass is 10.1. The van der Waals surface area contributed by atoms with Crippen molar-refractivity contribution >= 4 is 11.6 Å². The Hall–Kier alpha value is -2.54.